The number of hydrogen-bond acceptors (Lipinski definition) is 4. The van der Waals surface area contributed by atoms with E-state index < -0.39 is 12.1 Å². The number of benzene rings is 1. The zero-order valence-corrected chi connectivity index (χ0v) is 13.4. The number of esters is 1. The number of ether oxygens (including phenoxy) is 1. The third kappa shape index (κ3) is 3.60. The number of fused-ring (bicyclic) bond motifs is 1. The highest BCUT2D eigenvalue weighted by Gasteiger charge is 2.20. The third-order valence-electron chi connectivity index (χ3n) is 3.42. The van der Waals surface area contributed by atoms with Crippen LogP contribution in [0.4, 0.5) is 0 Å². The molecule has 23 heavy (non-hydrogen) atoms. The van der Waals surface area contributed by atoms with Gasteiger partial charge in [0.15, 0.2) is 6.10 Å². The summed E-state index contributed by atoms with van der Waals surface area (Å²) < 4.78 is 5.22. The molecule has 2 N–H and O–H groups in total. The maximum atomic E-state index is 12.1. The van der Waals surface area contributed by atoms with Gasteiger partial charge in [0, 0.05) is 15.8 Å². The first-order valence-electron chi connectivity index (χ1n) is 7.22. The molecule has 1 aromatic carbocycles. The minimum atomic E-state index is -0.853. The Kier molecular flexibility index (Phi) is 4.43. The molecule has 5 nitrogen and oxygen atoms in total. The molecule has 0 fully saturated rings. The summed E-state index contributed by atoms with van der Waals surface area (Å²) in [6, 6.07) is 13.1. The van der Waals surface area contributed by atoms with E-state index in [1.807, 2.05) is 41.8 Å². The number of rotatable bonds is 5. The first-order chi connectivity index (χ1) is 11.1. The van der Waals surface area contributed by atoms with Gasteiger partial charge in [-0.2, -0.15) is 0 Å². The summed E-state index contributed by atoms with van der Waals surface area (Å²) >= 11 is 1.56. The second kappa shape index (κ2) is 6.66. The number of thiophene rings is 1. The maximum absolute atomic E-state index is 12.1. The monoisotopic (exact) mass is 328 g/mol. The van der Waals surface area contributed by atoms with Gasteiger partial charge in [-0.25, -0.2) is 4.79 Å². The Morgan fingerprint density at radius 3 is 2.83 bits per heavy atom. The molecular formula is C17H16N2O3S. The van der Waals surface area contributed by atoms with Gasteiger partial charge in [-0.3, -0.25) is 4.79 Å². The number of aromatic amines is 1. The van der Waals surface area contributed by atoms with Crippen LogP contribution in [0.1, 0.15) is 22.3 Å². The summed E-state index contributed by atoms with van der Waals surface area (Å²) in [5, 5.41) is 5.62. The van der Waals surface area contributed by atoms with Crippen LogP contribution < -0.4 is 5.32 Å². The van der Waals surface area contributed by atoms with Crippen LogP contribution in [0.2, 0.25) is 0 Å². The lowest BCUT2D eigenvalue weighted by molar-refractivity contribution is -0.129. The quantitative estimate of drug-likeness (QED) is 0.707. The van der Waals surface area contributed by atoms with E-state index in [2.05, 4.69) is 10.3 Å². The molecule has 0 aliphatic carbocycles. The Morgan fingerprint density at radius 2 is 2.09 bits per heavy atom. The molecular weight excluding hydrogens is 312 g/mol. The van der Waals surface area contributed by atoms with Gasteiger partial charge in [-0.1, -0.05) is 24.3 Å². The van der Waals surface area contributed by atoms with Crippen molar-refractivity contribution in [2.45, 2.75) is 19.6 Å². The zero-order valence-electron chi connectivity index (χ0n) is 12.5. The van der Waals surface area contributed by atoms with Crippen LogP contribution in [-0.2, 0) is 16.1 Å². The Hall–Kier alpha value is -2.60. The number of amides is 1. The van der Waals surface area contributed by atoms with Gasteiger partial charge >= 0.3 is 5.97 Å². The van der Waals surface area contributed by atoms with Crippen molar-refractivity contribution in [3.05, 3.63) is 58.4 Å². The normalized spacial score (nSPS) is 12.0. The molecule has 3 rings (SSSR count). The lowest BCUT2D eigenvalue weighted by Crippen LogP contribution is -2.35. The fourth-order valence-corrected chi connectivity index (χ4v) is 2.84. The second-order valence-corrected chi connectivity index (χ2v) is 6.15. The molecule has 2 aromatic heterocycles. The predicted octanol–water partition coefficient (Wildman–Crippen LogP) is 3.09. The molecule has 0 spiro atoms. The minimum Gasteiger partial charge on any atom is -0.448 e. The van der Waals surface area contributed by atoms with Crippen LogP contribution >= 0.6 is 11.3 Å². The summed E-state index contributed by atoms with van der Waals surface area (Å²) in [5.74, 6) is -0.858. The molecule has 1 amide bonds. The fraction of sp³-hybridized carbons (Fsp3) is 0.176. The summed E-state index contributed by atoms with van der Waals surface area (Å²) in [6.07, 6.45) is -0.853. The molecule has 6 heteroatoms. The molecule has 0 bridgehead atoms. The molecule has 118 valence electrons. The molecule has 1 atom stereocenters. The highest BCUT2D eigenvalue weighted by atomic mass is 32.1. The molecule has 0 aliphatic rings. The average Bonchev–Trinajstić information content (AvgIpc) is 3.21. The van der Waals surface area contributed by atoms with E-state index in [0.29, 0.717) is 12.2 Å². The van der Waals surface area contributed by atoms with Crippen molar-refractivity contribution in [3.8, 4) is 0 Å². The standard InChI is InChI=1S/C17H16N2O3S/c1-11(16(20)18-10-13-6-4-8-23-13)22-17(21)15-9-12-5-2-3-7-14(12)19-15/h2-9,11,19H,10H2,1H3,(H,18,20)/t11-/m0/s1. The number of aromatic nitrogens is 1. The summed E-state index contributed by atoms with van der Waals surface area (Å²) in [5.41, 5.74) is 1.19. The number of carbonyl (C=O) groups is 2. The van der Waals surface area contributed by atoms with E-state index in [4.69, 9.17) is 4.74 Å². The number of carbonyl (C=O) groups excluding carboxylic acids is 2. The summed E-state index contributed by atoms with van der Waals surface area (Å²) in [7, 11) is 0. The first-order valence-corrected chi connectivity index (χ1v) is 8.10. The van der Waals surface area contributed by atoms with E-state index >= 15 is 0 Å². The smallest absolute Gasteiger partial charge is 0.355 e. The Morgan fingerprint density at radius 1 is 1.26 bits per heavy atom. The largest absolute Gasteiger partial charge is 0.448 e. The van der Waals surface area contributed by atoms with E-state index in [1.165, 1.54) is 0 Å². The highest BCUT2D eigenvalue weighted by molar-refractivity contribution is 7.09. The molecule has 3 aromatic rings. The van der Waals surface area contributed by atoms with Crippen LogP contribution in [0, 0.1) is 0 Å². The van der Waals surface area contributed by atoms with Gasteiger partial charge < -0.3 is 15.0 Å². The lowest BCUT2D eigenvalue weighted by atomic mass is 10.2. The van der Waals surface area contributed by atoms with E-state index in [9.17, 15) is 9.59 Å². The van der Waals surface area contributed by atoms with Crippen LogP contribution in [0.3, 0.4) is 0 Å². The van der Waals surface area contributed by atoms with Gasteiger partial charge in [0.05, 0.1) is 6.54 Å². The van der Waals surface area contributed by atoms with Crippen LogP contribution in [0.25, 0.3) is 10.9 Å². The van der Waals surface area contributed by atoms with Crippen molar-refractivity contribution < 1.29 is 14.3 Å². The van der Waals surface area contributed by atoms with Crippen LogP contribution in [0.15, 0.2) is 47.8 Å². The van der Waals surface area contributed by atoms with Gasteiger partial charge in [0.25, 0.3) is 5.91 Å². The zero-order chi connectivity index (χ0) is 16.2. The van der Waals surface area contributed by atoms with Crippen LogP contribution in [0.5, 0.6) is 0 Å². The van der Waals surface area contributed by atoms with Gasteiger partial charge in [0.1, 0.15) is 5.69 Å². The highest BCUT2D eigenvalue weighted by Crippen LogP contribution is 2.15. The number of para-hydroxylation sites is 1. The summed E-state index contributed by atoms with van der Waals surface area (Å²) in [6.45, 7) is 2.00. The average molecular weight is 328 g/mol. The Balaban J connectivity index is 1.58. The Labute approximate surface area is 137 Å². The molecule has 0 saturated heterocycles. The molecule has 0 aliphatic heterocycles. The van der Waals surface area contributed by atoms with Gasteiger partial charge in [-0.05, 0) is 30.5 Å². The van der Waals surface area contributed by atoms with Crippen molar-refractivity contribution >= 4 is 34.1 Å². The summed E-state index contributed by atoms with van der Waals surface area (Å²) in [4.78, 5) is 28.2. The van der Waals surface area contributed by atoms with E-state index in [0.717, 1.165) is 15.8 Å². The van der Waals surface area contributed by atoms with Gasteiger partial charge in [-0.15, -0.1) is 11.3 Å². The second-order valence-electron chi connectivity index (χ2n) is 5.11. The SMILES string of the molecule is C[C@H](OC(=O)c1cc2ccccc2[nH]1)C(=O)NCc1cccs1. The van der Waals surface area contributed by atoms with Gasteiger partial charge in [0.2, 0.25) is 0 Å². The molecule has 0 unspecified atom stereocenters. The number of hydrogen-bond donors (Lipinski definition) is 2. The molecule has 2 heterocycles. The van der Waals surface area contributed by atoms with Crippen molar-refractivity contribution in [2.24, 2.45) is 0 Å². The van der Waals surface area contributed by atoms with Crippen molar-refractivity contribution in [1.82, 2.24) is 10.3 Å². The number of H-pyrrole nitrogens is 1. The molecule has 0 saturated carbocycles. The maximum Gasteiger partial charge on any atom is 0.355 e. The number of nitrogens with one attached hydrogen (secondary N) is 2. The third-order valence-corrected chi connectivity index (χ3v) is 4.30. The fourth-order valence-electron chi connectivity index (χ4n) is 2.19. The van der Waals surface area contributed by atoms with Crippen molar-refractivity contribution in [1.29, 1.82) is 0 Å². The van der Waals surface area contributed by atoms with E-state index in [-0.39, 0.29) is 5.91 Å². The minimum absolute atomic E-state index is 0.317. The van der Waals surface area contributed by atoms with Crippen LogP contribution in [-0.4, -0.2) is 23.0 Å². The van der Waals surface area contributed by atoms with Crippen molar-refractivity contribution in [2.75, 3.05) is 0 Å². The van der Waals surface area contributed by atoms with Crippen molar-refractivity contribution in [3.63, 3.8) is 0 Å². The Bertz CT molecular complexity index is 790. The predicted molar refractivity (Wildman–Crippen MR) is 89.3 cm³/mol. The topological polar surface area (TPSA) is 71.2 Å². The van der Waals surface area contributed by atoms with E-state index in [1.54, 1.807) is 24.3 Å². The lowest BCUT2D eigenvalue weighted by Gasteiger charge is -2.12. The molecule has 0 radical (unpaired) electrons. The first kappa shape index (κ1) is 15.3.